The van der Waals surface area contributed by atoms with Crippen molar-refractivity contribution in [3.05, 3.63) is 52.1 Å². The second-order valence-corrected chi connectivity index (χ2v) is 6.59. The van der Waals surface area contributed by atoms with Crippen LogP contribution in [-0.2, 0) is 4.79 Å². The summed E-state index contributed by atoms with van der Waals surface area (Å²) in [6, 6.07) is 10.5. The molecule has 1 aliphatic rings. The van der Waals surface area contributed by atoms with Crippen LogP contribution in [0.2, 0.25) is 10.0 Å². The van der Waals surface area contributed by atoms with E-state index >= 15 is 0 Å². The van der Waals surface area contributed by atoms with Crippen molar-refractivity contribution in [3.63, 3.8) is 0 Å². The minimum Gasteiger partial charge on any atom is -0.482 e. The predicted molar refractivity (Wildman–Crippen MR) is 99.7 cm³/mol. The topological polar surface area (TPSA) is 69.5 Å². The van der Waals surface area contributed by atoms with Crippen molar-refractivity contribution < 1.29 is 9.53 Å². The van der Waals surface area contributed by atoms with Gasteiger partial charge in [0.25, 0.3) is 5.91 Å². The van der Waals surface area contributed by atoms with Crippen LogP contribution in [0.1, 0.15) is 5.56 Å². The SMILES string of the molecule is N#Cc1ccc(N2CCN(C(=O)COc3ccc(Cl)cc3Cl)CC2)nc1. The quantitative estimate of drug-likeness (QED) is 0.802. The first-order chi connectivity index (χ1) is 12.6. The molecule has 2 aromatic rings. The zero-order chi connectivity index (χ0) is 18.5. The minimum atomic E-state index is -0.0940. The van der Waals surface area contributed by atoms with Gasteiger partial charge in [-0.15, -0.1) is 0 Å². The Bertz CT molecular complexity index is 828. The summed E-state index contributed by atoms with van der Waals surface area (Å²) in [5, 5.41) is 9.72. The third-order valence-electron chi connectivity index (χ3n) is 4.08. The molecular formula is C18H16Cl2N4O2. The van der Waals surface area contributed by atoms with Crippen molar-refractivity contribution in [2.75, 3.05) is 37.7 Å². The summed E-state index contributed by atoms with van der Waals surface area (Å²) in [6.45, 7) is 2.44. The van der Waals surface area contributed by atoms with Crippen molar-refractivity contribution in [2.24, 2.45) is 0 Å². The highest BCUT2D eigenvalue weighted by Crippen LogP contribution is 2.27. The molecule has 8 heteroatoms. The van der Waals surface area contributed by atoms with Gasteiger partial charge in [0.1, 0.15) is 17.6 Å². The zero-order valence-electron chi connectivity index (χ0n) is 13.9. The number of halogens is 2. The summed E-state index contributed by atoms with van der Waals surface area (Å²) in [5.41, 5.74) is 0.528. The molecule has 0 N–H and O–H groups in total. The Hall–Kier alpha value is -2.49. The van der Waals surface area contributed by atoms with Crippen LogP contribution in [0.25, 0.3) is 0 Å². The number of anilines is 1. The number of aromatic nitrogens is 1. The van der Waals surface area contributed by atoms with E-state index in [0.717, 1.165) is 5.82 Å². The van der Waals surface area contributed by atoms with Crippen molar-refractivity contribution in [1.29, 1.82) is 5.26 Å². The molecule has 1 amide bonds. The van der Waals surface area contributed by atoms with E-state index < -0.39 is 0 Å². The molecule has 0 aliphatic carbocycles. The average Bonchev–Trinajstić information content (AvgIpc) is 2.67. The summed E-state index contributed by atoms with van der Waals surface area (Å²) < 4.78 is 5.51. The number of piperazine rings is 1. The fourth-order valence-corrected chi connectivity index (χ4v) is 3.11. The molecule has 0 bridgehead atoms. The van der Waals surface area contributed by atoms with Crippen LogP contribution < -0.4 is 9.64 Å². The van der Waals surface area contributed by atoms with Crippen LogP contribution in [-0.4, -0.2) is 48.6 Å². The van der Waals surface area contributed by atoms with E-state index in [1.54, 1.807) is 35.4 Å². The maximum absolute atomic E-state index is 12.3. The van der Waals surface area contributed by atoms with Gasteiger partial charge < -0.3 is 14.5 Å². The van der Waals surface area contributed by atoms with Crippen molar-refractivity contribution in [1.82, 2.24) is 9.88 Å². The number of nitriles is 1. The molecule has 0 atom stereocenters. The molecule has 1 saturated heterocycles. The Morgan fingerprint density at radius 3 is 2.58 bits per heavy atom. The normalized spacial score (nSPS) is 14.0. The average molecular weight is 391 g/mol. The molecular weight excluding hydrogens is 375 g/mol. The van der Waals surface area contributed by atoms with Crippen LogP contribution in [0.5, 0.6) is 5.75 Å². The fourth-order valence-electron chi connectivity index (χ4n) is 2.65. The number of benzene rings is 1. The lowest BCUT2D eigenvalue weighted by atomic mass is 10.2. The first kappa shape index (κ1) is 18.3. The van der Waals surface area contributed by atoms with Gasteiger partial charge in [0.2, 0.25) is 0 Å². The molecule has 1 aromatic carbocycles. The molecule has 2 heterocycles. The van der Waals surface area contributed by atoms with Crippen molar-refractivity contribution in [2.45, 2.75) is 0 Å². The van der Waals surface area contributed by atoms with Crippen LogP contribution in [0.15, 0.2) is 36.5 Å². The molecule has 0 saturated carbocycles. The molecule has 1 fully saturated rings. The van der Waals surface area contributed by atoms with E-state index in [4.69, 9.17) is 33.2 Å². The molecule has 6 nitrogen and oxygen atoms in total. The Labute approximate surface area is 161 Å². The van der Waals surface area contributed by atoms with E-state index in [2.05, 4.69) is 9.88 Å². The van der Waals surface area contributed by atoms with Gasteiger partial charge in [-0.25, -0.2) is 4.98 Å². The zero-order valence-corrected chi connectivity index (χ0v) is 15.4. The second-order valence-electron chi connectivity index (χ2n) is 5.75. The van der Waals surface area contributed by atoms with E-state index in [9.17, 15) is 4.79 Å². The van der Waals surface area contributed by atoms with Gasteiger partial charge in [-0.1, -0.05) is 23.2 Å². The highest BCUT2D eigenvalue weighted by atomic mass is 35.5. The van der Waals surface area contributed by atoms with Gasteiger partial charge in [-0.3, -0.25) is 4.79 Å². The number of ether oxygens (including phenoxy) is 1. The van der Waals surface area contributed by atoms with Crippen LogP contribution in [0.4, 0.5) is 5.82 Å². The van der Waals surface area contributed by atoms with Crippen molar-refractivity contribution in [3.8, 4) is 11.8 Å². The smallest absolute Gasteiger partial charge is 0.260 e. The fraction of sp³-hybridized carbons (Fsp3) is 0.278. The molecule has 0 radical (unpaired) electrons. The lowest BCUT2D eigenvalue weighted by molar-refractivity contribution is -0.133. The van der Waals surface area contributed by atoms with Gasteiger partial charge in [0, 0.05) is 37.4 Å². The number of carbonyl (C=O) groups excluding carboxylic acids is 1. The number of carbonyl (C=O) groups is 1. The highest BCUT2D eigenvalue weighted by Gasteiger charge is 2.22. The van der Waals surface area contributed by atoms with E-state index in [-0.39, 0.29) is 12.5 Å². The van der Waals surface area contributed by atoms with Crippen LogP contribution in [0.3, 0.4) is 0 Å². The van der Waals surface area contributed by atoms with Gasteiger partial charge in [0.15, 0.2) is 6.61 Å². The number of nitrogens with zero attached hydrogens (tertiary/aromatic N) is 4. The Morgan fingerprint density at radius 1 is 1.19 bits per heavy atom. The van der Waals surface area contributed by atoms with Gasteiger partial charge in [-0.2, -0.15) is 5.26 Å². The summed E-state index contributed by atoms with van der Waals surface area (Å²) in [6.07, 6.45) is 1.55. The summed E-state index contributed by atoms with van der Waals surface area (Å²) in [5.74, 6) is 1.15. The van der Waals surface area contributed by atoms with Gasteiger partial charge in [-0.05, 0) is 30.3 Å². The number of hydrogen-bond acceptors (Lipinski definition) is 5. The molecule has 1 aliphatic heterocycles. The molecule has 26 heavy (non-hydrogen) atoms. The van der Waals surface area contributed by atoms with E-state index in [0.29, 0.717) is 47.5 Å². The lowest BCUT2D eigenvalue weighted by Crippen LogP contribution is -2.50. The molecule has 1 aromatic heterocycles. The summed E-state index contributed by atoms with van der Waals surface area (Å²) >= 11 is 11.9. The lowest BCUT2D eigenvalue weighted by Gasteiger charge is -2.35. The molecule has 3 rings (SSSR count). The number of hydrogen-bond donors (Lipinski definition) is 0. The maximum atomic E-state index is 12.3. The van der Waals surface area contributed by atoms with Crippen molar-refractivity contribution >= 4 is 34.9 Å². The standard InChI is InChI=1S/C18H16Cl2N4O2/c19-14-2-3-16(15(20)9-14)26-12-18(25)24-7-5-23(6-8-24)17-4-1-13(10-21)11-22-17/h1-4,9,11H,5-8,12H2. The maximum Gasteiger partial charge on any atom is 0.260 e. The number of rotatable bonds is 4. The molecule has 0 unspecified atom stereocenters. The summed E-state index contributed by atoms with van der Waals surface area (Å²) in [7, 11) is 0. The molecule has 134 valence electrons. The first-order valence-electron chi connectivity index (χ1n) is 8.03. The summed E-state index contributed by atoms with van der Waals surface area (Å²) in [4.78, 5) is 20.5. The monoisotopic (exact) mass is 390 g/mol. The minimum absolute atomic E-state index is 0.0729. The Balaban J connectivity index is 1.50. The first-order valence-corrected chi connectivity index (χ1v) is 8.79. The van der Waals surface area contributed by atoms with Gasteiger partial charge >= 0.3 is 0 Å². The Morgan fingerprint density at radius 2 is 1.96 bits per heavy atom. The second kappa shape index (κ2) is 8.26. The third kappa shape index (κ3) is 4.37. The Kier molecular flexibility index (Phi) is 5.82. The predicted octanol–water partition coefficient (Wildman–Crippen LogP) is 2.99. The number of amides is 1. The van der Waals surface area contributed by atoms with Gasteiger partial charge in [0.05, 0.1) is 10.6 Å². The van der Waals surface area contributed by atoms with E-state index in [1.807, 2.05) is 12.1 Å². The van der Waals surface area contributed by atoms with E-state index in [1.165, 1.54) is 0 Å². The highest BCUT2D eigenvalue weighted by molar-refractivity contribution is 6.35. The molecule has 0 spiro atoms. The van der Waals surface area contributed by atoms with Crippen LogP contribution >= 0.6 is 23.2 Å². The number of pyridine rings is 1. The largest absolute Gasteiger partial charge is 0.482 e. The third-order valence-corrected chi connectivity index (χ3v) is 4.61. The van der Waals surface area contributed by atoms with Crippen LogP contribution in [0, 0.1) is 11.3 Å².